The van der Waals surface area contributed by atoms with Crippen LogP contribution in [-0.4, -0.2) is 24.0 Å². The number of halogens is 2. The molecule has 0 aliphatic carbocycles. The molecule has 1 saturated heterocycles. The number of nitrogens with two attached hydrogens (primary N) is 1. The summed E-state index contributed by atoms with van der Waals surface area (Å²) in [6.07, 6.45) is 3.93. The van der Waals surface area contributed by atoms with Crippen LogP contribution in [0.15, 0.2) is 15.2 Å². The van der Waals surface area contributed by atoms with E-state index in [0.29, 0.717) is 6.04 Å². The molecule has 1 aliphatic rings. The summed E-state index contributed by atoms with van der Waals surface area (Å²) in [5, 5.41) is 2.23. The largest absolute Gasteiger partial charge is 0.329 e. The van der Waals surface area contributed by atoms with E-state index in [1.54, 1.807) is 11.3 Å². The second kappa shape index (κ2) is 6.97. The van der Waals surface area contributed by atoms with Gasteiger partial charge in [-0.1, -0.05) is 6.42 Å². The fourth-order valence-corrected chi connectivity index (χ4v) is 3.40. The van der Waals surface area contributed by atoms with Crippen LogP contribution in [0.2, 0.25) is 0 Å². The standard InChI is InChI=1S/C11H17BrN2S.ClH/c12-11-5-9(8-15-11)7-14-4-2-1-3-10(14)6-13;/h5,8,10H,1-4,6-7,13H2;1H. The van der Waals surface area contributed by atoms with Gasteiger partial charge in [0.15, 0.2) is 0 Å². The Morgan fingerprint density at radius 3 is 2.94 bits per heavy atom. The number of likely N-dealkylation sites (tertiary alicyclic amines) is 1. The zero-order valence-corrected chi connectivity index (χ0v) is 12.4. The van der Waals surface area contributed by atoms with Gasteiger partial charge in [0.25, 0.3) is 0 Å². The molecule has 2 nitrogen and oxygen atoms in total. The Balaban J connectivity index is 0.00000128. The highest BCUT2D eigenvalue weighted by atomic mass is 79.9. The number of hydrogen-bond donors (Lipinski definition) is 1. The Bertz CT molecular complexity index is 319. The van der Waals surface area contributed by atoms with Crippen molar-refractivity contribution in [1.82, 2.24) is 4.90 Å². The van der Waals surface area contributed by atoms with Gasteiger partial charge in [-0.15, -0.1) is 23.7 Å². The highest BCUT2D eigenvalue weighted by Crippen LogP contribution is 2.24. The van der Waals surface area contributed by atoms with Crippen molar-refractivity contribution in [2.75, 3.05) is 13.1 Å². The first kappa shape index (κ1) is 14.5. The molecule has 1 atom stereocenters. The van der Waals surface area contributed by atoms with Gasteiger partial charge < -0.3 is 5.73 Å². The SMILES string of the molecule is Cl.NCC1CCCCN1Cc1csc(Br)c1. The van der Waals surface area contributed by atoms with Gasteiger partial charge in [-0.25, -0.2) is 0 Å². The van der Waals surface area contributed by atoms with Gasteiger partial charge in [0.05, 0.1) is 3.79 Å². The minimum absolute atomic E-state index is 0. The van der Waals surface area contributed by atoms with Gasteiger partial charge in [0, 0.05) is 19.1 Å². The molecule has 92 valence electrons. The lowest BCUT2D eigenvalue weighted by Crippen LogP contribution is -2.43. The summed E-state index contributed by atoms with van der Waals surface area (Å²) in [6, 6.07) is 2.81. The summed E-state index contributed by atoms with van der Waals surface area (Å²) in [5.74, 6) is 0. The molecular weight excluding hydrogens is 308 g/mol. The predicted octanol–water partition coefficient (Wildman–Crippen LogP) is 3.25. The fraction of sp³-hybridized carbons (Fsp3) is 0.636. The van der Waals surface area contributed by atoms with Gasteiger partial charge in [-0.05, 0) is 52.3 Å². The average molecular weight is 326 g/mol. The van der Waals surface area contributed by atoms with Crippen molar-refractivity contribution in [1.29, 1.82) is 0 Å². The normalized spacial score (nSPS) is 21.8. The average Bonchev–Trinajstić information content (AvgIpc) is 2.65. The van der Waals surface area contributed by atoms with Crippen LogP contribution >= 0.6 is 39.7 Å². The first-order valence-electron chi connectivity index (χ1n) is 5.46. The molecule has 0 amide bonds. The molecule has 1 aromatic heterocycles. The van der Waals surface area contributed by atoms with Crippen LogP contribution in [-0.2, 0) is 6.54 Å². The fourth-order valence-electron chi connectivity index (χ4n) is 2.20. The summed E-state index contributed by atoms with van der Waals surface area (Å²) >= 11 is 5.27. The van der Waals surface area contributed by atoms with Gasteiger partial charge in [0.1, 0.15) is 0 Å². The van der Waals surface area contributed by atoms with Crippen LogP contribution in [0.4, 0.5) is 0 Å². The van der Waals surface area contributed by atoms with E-state index < -0.39 is 0 Å². The van der Waals surface area contributed by atoms with Crippen LogP contribution in [0.3, 0.4) is 0 Å². The molecule has 1 aromatic rings. The molecule has 5 heteroatoms. The van der Waals surface area contributed by atoms with Gasteiger partial charge in [-0.2, -0.15) is 0 Å². The third-order valence-corrected chi connectivity index (χ3v) is 4.58. The Morgan fingerprint density at radius 2 is 2.31 bits per heavy atom. The zero-order chi connectivity index (χ0) is 10.7. The minimum atomic E-state index is 0. The highest BCUT2D eigenvalue weighted by Gasteiger charge is 2.21. The summed E-state index contributed by atoms with van der Waals surface area (Å²) in [7, 11) is 0. The van der Waals surface area contributed by atoms with Crippen molar-refractivity contribution in [3.63, 3.8) is 0 Å². The van der Waals surface area contributed by atoms with E-state index in [-0.39, 0.29) is 12.4 Å². The third kappa shape index (κ3) is 3.70. The smallest absolute Gasteiger partial charge is 0.0701 e. The minimum Gasteiger partial charge on any atom is -0.329 e. The molecule has 0 spiro atoms. The van der Waals surface area contributed by atoms with E-state index in [4.69, 9.17) is 5.73 Å². The van der Waals surface area contributed by atoms with Crippen molar-refractivity contribution in [3.8, 4) is 0 Å². The molecule has 16 heavy (non-hydrogen) atoms. The monoisotopic (exact) mass is 324 g/mol. The van der Waals surface area contributed by atoms with Crippen LogP contribution in [0.5, 0.6) is 0 Å². The van der Waals surface area contributed by atoms with Crippen LogP contribution < -0.4 is 5.73 Å². The number of nitrogens with zero attached hydrogens (tertiary/aromatic N) is 1. The molecule has 0 aromatic carbocycles. The Morgan fingerprint density at radius 1 is 1.50 bits per heavy atom. The van der Waals surface area contributed by atoms with Crippen LogP contribution in [0.1, 0.15) is 24.8 Å². The van der Waals surface area contributed by atoms with Gasteiger partial charge >= 0.3 is 0 Å². The number of thiophene rings is 1. The molecule has 0 saturated carbocycles. The van der Waals surface area contributed by atoms with Crippen molar-refractivity contribution in [2.45, 2.75) is 31.8 Å². The second-order valence-corrected chi connectivity index (χ2v) is 6.41. The molecule has 2 heterocycles. The van der Waals surface area contributed by atoms with E-state index in [9.17, 15) is 0 Å². The van der Waals surface area contributed by atoms with Crippen molar-refractivity contribution in [3.05, 3.63) is 20.8 Å². The quantitative estimate of drug-likeness (QED) is 0.924. The maximum atomic E-state index is 5.80. The van der Waals surface area contributed by atoms with E-state index in [1.807, 2.05) is 0 Å². The molecule has 1 unspecified atom stereocenters. The number of rotatable bonds is 3. The van der Waals surface area contributed by atoms with Crippen LogP contribution in [0.25, 0.3) is 0 Å². The first-order valence-corrected chi connectivity index (χ1v) is 7.14. The molecule has 1 fully saturated rings. The van der Waals surface area contributed by atoms with Crippen molar-refractivity contribution in [2.24, 2.45) is 5.73 Å². The molecule has 0 bridgehead atoms. The summed E-state index contributed by atoms with van der Waals surface area (Å²) in [5.41, 5.74) is 7.21. The summed E-state index contributed by atoms with van der Waals surface area (Å²) in [6.45, 7) is 3.06. The maximum absolute atomic E-state index is 5.80. The summed E-state index contributed by atoms with van der Waals surface area (Å²) in [4.78, 5) is 2.53. The van der Waals surface area contributed by atoms with Crippen LogP contribution in [0, 0.1) is 0 Å². The van der Waals surface area contributed by atoms with E-state index >= 15 is 0 Å². The molecule has 0 radical (unpaired) electrons. The van der Waals surface area contributed by atoms with Gasteiger partial charge in [0.2, 0.25) is 0 Å². The number of hydrogen-bond acceptors (Lipinski definition) is 3. The lowest BCUT2D eigenvalue weighted by Gasteiger charge is -2.34. The first-order chi connectivity index (χ1) is 7.29. The molecule has 2 rings (SSSR count). The maximum Gasteiger partial charge on any atom is 0.0701 e. The van der Waals surface area contributed by atoms with E-state index in [2.05, 4.69) is 32.3 Å². The molecule has 1 aliphatic heterocycles. The molecule has 2 N–H and O–H groups in total. The topological polar surface area (TPSA) is 29.3 Å². The highest BCUT2D eigenvalue weighted by molar-refractivity contribution is 9.11. The van der Waals surface area contributed by atoms with E-state index in [1.165, 1.54) is 35.2 Å². The predicted molar refractivity (Wildman–Crippen MR) is 76.4 cm³/mol. The lowest BCUT2D eigenvalue weighted by molar-refractivity contribution is 0.145. The van der Waals surface area contributed by atoms with Gasteiger partial charge in [-0.3, -0.25) is 4.90 Å². The van der Waals surface area contributed by atoms with Crippen molar-refractivity contribution >= 4 is 39.7 Å². The second-order valence-electron chi connectivity index (χ2n) is 4.11. The van der Waals surface area contributed by atoms with E-state index in [0.717, 1.165) is 13.1 Å². The molecular formula is C11H18BrClN2S. The Hall–Kier alpha value is 0.390. The van der Waals surface area contributed by atoms with Crippen molar-refractivity contribution < 1.29 is 0 Å². The summed E-state index contributed by atoms with van der Waals surface area (Å²) < 4.78 is 1.22. The Labute approximate surface area is 116 Å². The Kier molecular flexibility index (Phi) is 6.29. The number of piperidine rings is 1. The zero-order valence-electron chi connectivity index (χ0n) is 9.19. The third-order valence-electron chi connectivity index (χ3n) is 3.03. The lowest BCUT2D eigenvalue weighted by atomic mass is 10.0.